The molecule has 28 heavy (non-hydrogen) atoms. The van der Waals surface area contributed by atoms with E-state index in [1.54, 1.807) is 23.1 Å². The summed E-state index contributed by atoms with van der Waals surface area (Å²) in [5.74, 6) is 1.31. The second-order valence-electron chi connectivity index (χ2n) is 7.07. The SMILES string of the molecule is Cc1ccsc1CN(C[C@@H]1CCCO1)C(=O)C1=C(c2ccccc2)SCCO1. The molecule has 2 aliphatic rings. The Morgan fingerprint density at radius 2 is 2.07 bits per heavy atom. The van der Waals surface area contributed by atoms with Crippen molar-refractivity contribution in [3.8, 4) is 0 Å². The summed E-state index contributed by atoms with van der Waals surface area (Å²) in [5.41, 5.74) is 2.27. The number of ether oxygens (including phenoxy) is 2. The third-order valence-electron chi connectivity index (χ3n) is 5.05. The minimum Gasteiger partial charge on any atom is -0.486 e. The van der Waals surface area contributed by atoms with Crippen molar-refractivity contribution in [2.45, 2.75) is 32.4 Å². The van der Waals surface area contributed by atoms with Gasteiger partial charge in [-0.2, -0.15) is 0 Å². The lowest BCUT2D eigenvalue weighted by Crippen LogP contribution is -2.39. The van der Waals surface area contributed by atoms with Crippen molar-refractivity contribution in [2.75, 3.05) is 25.5 Å². The quantitative estimate of drug-likeness (QED) is 0.686. The highest BCUT2D eigenvalue weighted by Gasteiger charge is 2.30. The van der Waals surface area contributed by atoms with Crippen molar-refractivity contribution >= 4 is 33.9 Å². The van der Waals surface area contributed by atoms with Gasteiger partial charge in [0.1, 0.15) is 0 Å². The second-order valence-corrected chi connectivity index (χ2v) is 9.17. The molecule has 0 unspecified atom stereocenters. The molecule has 0 bridgehead atoms. The second kappa shape index (κ2) is 9.16. The van der Waals surface area contributed by atoms with Gasteiger partial charge in [-0.15, -0.1) is 23.1 Å². The number of thiophene rings is 1. The number of hydrogen-bond donors (Lipinski definition) is 0. The van der Waals surface area contributed by atoms with Crippen LogP contribution in [0.2, 0.25) is 0 Å². The number of carbonyl (C=O) groups is 1. The average Bonchev–Trinajstić information content (AvgIpc) is 3.40. The molecule has 1 saturated heterocycles. The smallest absolute Gasteiger partial charge is 0.290 e. The molecule has 148 valence electrons. The number of carbonyl (C=O) groups excluding carboxylic acids is 1. The fraction of sp³-hybridized carbons (Fsp3) is 0.409. The van der Waals surface area contributed by atoms with E-state index in [1.807, 2.05) is 35.2 Å². The van der Waals surface area contributed by atoms with Gasteiger partial charge in [0.2, 0.25) is 0 Å². The fourth-order valence-electron chi connectivity index (χ4n) is 3.52. The minimum absolute atomic E-state index is 0.0330. The number of rotatable bonds is 6. The minimum atomic E-state index is -0.0330. The van der Waals surface area contributed by atoms with Crippen LogP contribution in [-0.2, 0) is 20.8 Å². The standard InChI is InChI=1S/C22H25NO3S2/c1-16-9-12-27-19(16)15-23(14-18-8-5-10-25-18)22(24)20-21(28-13-11-26-20)17-6-3-2-4-7-17/h2-4,6-7,9,12,18H,5,8,10-11,13-15H2,1H3/t18-/m0/s1. The molecule has 1 fully saturated rings. The lowest BCUT2D eigenvalue weighted by Gasteiger charge is -2.29. The Bertz CT molecular complexity index is 840. The number of thioether (sulfide) groups is 1. The summed E-state index contributed by atoms with van der Waals surface area (Å²) >= 11 is 3.40. The van der Waals surface area contributed by atoms with Gasteiger partial charge in [-0.3, -0.25) is 4.79 Å². The van der Waals surface area contributed by atoms with Crippen LogP contribution in [-0.4, -0.2) is 42.4 Å². The Labute approximate surface area is 174 Å². The molecule has 1 atom stereocenters. The van der Waals surface area contributed by atoms with Crippen LogP contribution in [0.1, 0.15) is 28.8 Å². The van der Waals surface area contributed by atoms with Crippen LogP contribution in [0.5, 0.6) is 0 Å². The average molecular weight is 416 g/mol. The molecule has 0 aliphatic carbocycles. The topological polar surface area (TPSA) is 38.8 Å². The predicted octanol–water partition coefficient (Wildman–Crippen LogP) is 4.70. The molecule has 1 amide bonds. The molecule has 6 heteroatoms. The Kier molecular flexibility index (Phi) is 6.40. The lowest BCUT2D eigenvalue weighted by atomic mass is 10.1. The van der Waals surface area contributed by atoms with E-state index in [-0.39, 0.29) is 12.0 Å². The molecule has 1 aromatic heterocycles. The van der Waals surface area contributed by atoms with Crippen molar-refractivity contribution in [3.05, 3.63) is 63.5 Å². The highest BCUT2D eigenvalue weighted by Crippen LogP contribution is 2.36. The molecule has 4 nitrogen and oxygen atoms in total. The number of hydrogen-bond acceptors (Lipinski definition) is 5. The number of nitrogens with zero attached hydrogens (tertiary/aromatic N) is 1. The predicted molar refractivity (Wildman–Crippen MR) is 115 cm³/mol. The van der Waals surface area contributed by atoms with Crippen LogP contribution in [0, 0.1) is 6.92 Å². The summed E-state index contributed by atoms with van der Waals surface area (Å²) in [6.07, 6.45) is 2.18. The van der Waals surface area contributed by atoms with Gasteiger partial charge in [0, 0.05) is 23.8 Å². The van der Waals surface area contributed by atoms with Crippen molar-refractivity contribution in [1.82, 2.24) is 4.90 Å². The molecule has 0 radical (unpaired) electrons. The van der Waals surface area contributed by atoms with Gasteiger partial charge in [0.25, 0.3) is 5.91 Å². The van der Waals surface area contributed by atoms with Crippen LogP contribution < -0.4 is 0 Å². The Balaban J connectivity index is 1.64. The highest BCUT2D eigenvalue weighted by molar-refractivity contribution is 8.08. The molecule has 2 aromatic rings. The third-order valence-corrected chi connectivity index (χ3v) is 7.14. The van der Waals surface area contributed by atoms with Crippen LogP contribution in [0.4, 0.5) is 0 Å². The van der Waals surface area contributed by atoms with Gasteiger partial charge >= 0.3 is 0 Å². The first-order valence-electron chi connectivity index (χ1n) is 9.71. The van der Waals surface area contributed by atoms with Gasteiger partial charge in [-0.25, -0.2) is 0 Å². The number of benzene rings is 1. The maximum absolute atomic E-state index is 13.6. The van der Waals surface area contributed by atoms with Crippen LogP contribution in [0.25, 0.3) is 4.91 Å². The van der Waals surface area contributed by atoms with Crippen molar-refractivity contribution in [1.29, 1.82) is 0 Å². The van der Waals surface area contributed by atoms with E-state index in [4.69, 9.17) is 9.47 Å². The summed E-state index contributed by atoms with van der Waals surface area (Å²) in [6, 6.07) is 12.2. The Hall–Kier alpha value is -1.76. The maximum Gasteiger partial charge on any atom is 0.290 e. The monoisotopic (exact) mass is 415 g/mol. The first-order chi connectivity index (χ1) is 13.7. The maximum atomic E-state index is 13.6. The summed E-state index contributed by atoms with van der Waals surface area (Å²) < 4.78 is 11.8. The molecular formula is C22H25NO3S2. The van der Waals surface area contributed by atoms with Crippen LogP contribution in [0.3, 0.4) is 0 Å². The molecule has 0 spiro atoms. The van der Waals surface area contributed by atoms with Crippen LogP contribution in [0.15, 0.2) is 47.5 Å². The largest absolute Gasteiger partial charge is 0.486 e. The molecule has 0 N–H and O–H groups in total. The highest BCUT2D eigenvalue weighted by atomic mass is 32.2. The van der Waals surface area contributed by atoms with E-state index in [9.17, 15) is 4.79 Å². The van der Waals surface area contributed by atoms with Gasteiger partial charge in [-0.1, -0.05) is 30.3 Å². The van der Waals surface area contributed by atoms with E-state index in [2.05, 4.69) is 18.4 Å². The van der Waals surface area contributed by atoms with Crippen molar-refractivity contribution < 1.29 is 14.3 Å². The summed E-state index contributed by atoms with van der Waals surface area (Å²) in [5, 5.41) is 2.08. The molecule has 2 aliphatic heterocycles. The fourth-order valence-corrected chi connectivity index (χ4v) is 5.39. The molecular weight excluding hydrogens is 390 g/mol. The zero-order chi connectivity index (χ0) is 19.3. The van der Waals surface area contributed by atoms with Gasteiger partial charge < -0.3 is 14.4 Å². The van der Waals surface area contributed by atoms with Gasteiger partial charge in [0.05, 0.1) is 24.2 Å². The first-order valence-corrected chi connectivity index (χ1v) is 11.6. The Morgan fingerprint density at radius 3 is 2.79 bits per heavy atom. The Morgan fingerprint density at radius 1 is 1.21 bits per heavy atom. The molecule has 3 heterocycles. The van der Waals surface area contributed by atoms with Crippen LogP contribution >= 0.6 is 23.1 Å². The first kappa shape index (κ1) is 19.6. The van der Waals surface area contributed by atoms with E-state index in [0.29, 0.717) is 25.5 Å². The summed E-state index contributed by atoms with van der Waals surface area (Å²) in [6.45, 7) is 4.66. The van der Waals surface area contributed by atoms with Gasteiger partial charge in [-0.05, 0) is 42.3 Å². The van der Waals surface area contributed by atoms with E-state index >= 15 is 0 Å². The number of aryl methyl sites for hydroxylation is 1. The summed E-state index contributed by atoms with van der Waals surface area (Å²) in [7, 11) is 0. The molecule has 1 aromatic carbocycles. The van der Waals surface area contributed by atoms with E-state index in [0.717, 1.165) is 35.7 Å². The number of amides is 1. The summed E-state index contributed by atoms with van der Waals surface area (Å²) in [4.78, 5) is 17.7. The lowest BCUT2D eigenvalue weighted by molar-refractivity contribution is -0.132. The molecule has 0 saturated carbocycles. The molecule has 4 rings (SSSR count). The van der Waals surface area contributed by atoms with Gasteiger partial charge in [0.15, 0.2) is 5.76 Å². The zero-order valence-corrected chi connectivity index (χ0v) is 17.7. The van der Waals surface area contributed by atoms with E-state index in [1.165, 1.54) is 10.4 Å². The third kappa shape index (κ3) is 4.45. The van der Waals surface area contributed by atoms with Crippen molar-refractivity contribution in [3.63, 3.8) is 0 Å². The zero-order valence-electron chi connectivity index (χ0n) is 16.1. The van der Waals surface area contributed by atoms with Crippen molar-refractivity contribution in [2.24, 2.45) is 0 Å². The normalized spacial score (nSPS) is 19.5. The van der Waals surface area contributed by atoms with E-state index < -0.39 is 0 Å².